The molecule has 0 radical (unpaired) electrons. The number of aliphatic imine (C=N–C) groups is 1. The quantitative estimate of drug-likeness (QED) is 0.268. The van der Waals surface area contributed by atoms with Gasteiger partial charge in [-0.05, 0) is 49.6 Å². The van der Waals surface area contributed by atoms with E-state index in [4.69, 9.17) is 5.14 Å². The van der Waals surface area contributed by atoms with Crippen molar-refractivity contribution in [3.8, 4) is 0 Å². The molecule has 0 spiro atoms. The summed E-state index contributed by atoms with van der Waals surface area (Å²) in [5, 5.41) is 11.9. The van der Waals surface area contributed by atoms with Crippen LogP contribution < -0.4 is 15.8 Å². The van der Waals surface area contributed by atoms with E-state index in [2.05, 4.69) is 39.9 Å². The largest absolute Gasteiger partial charge is 0.357 e. The smallest absolute Gasteiger partial charge is 0.238 e. The molecule has 0 unspecified atom stereocenters. The van der Waals surface area contributed by atoms with Crippen LogP contribution in [0.2, 0.25) is 0 Å². The lowest BCUT2D eigenvalue weighted by atomic mass is 10.2. The van der Waals surface area contributed by atoms with Crippen molar-refractivity contribution < 1.29 is 8.42 Å². The summed E-state index contributed by atoms with van der Waals surface area (Å²) in [7, 11) is -3.67. The number of hydrogen-bond acceptors (Lipinski definition) is 4. The summed E-state index contributed by atoms with van der Waals surface area (Å²) < 4.78 is 22.9. The molecule has 158 valence electrons. The molecular formula is C20H27IN4O2S2. The lowest BCUT2D eigenvalue weighted by Crippen LogP contribution is -2.41. The van der Waals surface area contributed by atoms with E-state index < -0.39 is 10.0 Å². The van der Waals surface area contributed by atoms with Gasteiger partial charge in [0, 0.05) is 22.7 Å². The number of thioether (sulfide) groups is 1. The second-order valence-electron chi connectivity index (χ2n) is 6.84. The maximum absolute atomic E-state index is 11.3. The monoisotopic (exact) mass is 546 g/mol. The van der Waals surface area contributed by atoms with E-state index in [0.29, 0.717) is 6.54 Å². The lowest BCUT2D eigenvalue weighted by Gasteiger charge is -2.18. The van der Waals surface area contributed by atoms with Crippen molar-refractivity contribution in [1.29, 1.82) is 0 Å². The molecule has 2 aromatic rings. The van der Waals surface area contributed by atoms with Crippen LogP contribution in [0.15, 0.2) is 69.4 Å². The van der Waals surface area contributed by atoms with E-state index in [1.807, 2.05) is 24.8 Å². The zero-order chi connectivity index (χ0) is 20.0. The van der Waals surface area contributed by atoms with Crippen LogP contribution in [0.1, 0.15) is 25.3 Å². The van der Waals surface area contributed by atoms with Crippen LogP contribution >= 0.6 is 35.7 Å². The third-order valence-electron chi connectivity index (χ3n) is 4.48. The fraction of sp³-hybridized carbons (Fsp3) is 0.350. The molecule has 0 heterocycles. The molecular weight excluding hydrogens is 519 g/mol. The van der Waals surface area contributed by atoms with Crippen LogP contribution in [-0.4, -0.2) is 32.2 Å². The predicted molar refractivity (Wildman–Crippen MR) is 130 cm³/mol. The van der Waals surface area contributed by atoms with Gasteiger partial charge in [0.15, 0.2) is 5.96 Å². The Morgan fingerprint density at radius 3 is 2.31 bits per heavy atom. The van der Waals surface area contributed by atoms with Crippen molar-refractivity contribution in [1.82, 2.24) is 10.6 Å². The highest BCUT2D eigenvalue weighted by Crippen LogP contribution is 2.51. The van der Waals surface area contributed by atoms with Gasteiger partial charge in [0.2, 0.25) is 10.0 Å². The molecule has 29 heavy (non-hydrogen) atoms. The molecule has 0 bridgehead atoms. The first kappa shape index (κ1) is 24.0. The Kier molecular flexibility index (Phi) is 8.80. The van der Waals surface area contributed by atoms with Crippen LogP contribution in [0.4, 0.5) is 0 Å². The molecule has 6 nitrogen and oxygen atoms in total. The van der Waals surface area contributed by atoms with Crippen molar-refractivity contribution in [2.75, 3.05) is 13.1 Å². The minimum absolute atomic E-state index is 0. The normalized spacial score (nSPS) is 15.3. The van der Waals surface area contributed by atoms with Crippen LogP contribution in [-0.2, 0) is 16.6 Å². The first-order valence-corrected chi connectivity index (χ1v) is 11.6. The Morgan fingerprint density at radius 2 is 1.76 bits per heavy atom. The molecule has 0 aromatic heterocycles. The highest BCUT2D eigenvalue weighted by Gasteiger charge is 2.43. The summed E-state index contributed by atoms with van der Waals surface area (Å²) in [4.78, 5) is 6.02. The lowest BCUT2D eigenvalue weighted by molar-refractivity contribution is 0.598. The van der Waals surface area contributed by atoms with Gasteiger partial charge in [0.1, 0.15) is 0 Å². The highest BCUT2D eigenvalue weighted by atomic mass is 127. The minimum atomic E-state index is -3.67. The van der Waals surface area contributed by atoms with E-state index in [9.17, 15) is 8.42 Å². The summed E-state index contributed by atoms with van der Waals surface area (Å²) in [6.07, 6.45) is 2.38. The van der Waals surface area contributed by atoms with E-state index in [1.165, 1.54) is 29.9 Å². The predicted octanol–water partition coefficient (Wildman–Crippen LogP) is 3.33. The van der Waals surface area contributed by atoms with Gasteiger partial charge < -0.3 is 10.6 Å². The number of guanidine groups is 1. The zero-order valence-corrected chi connectivity index (χ0v) is 20.3. The van der Waals surface area contributed by atoms with E-state index in [-0.39, 0.29) is 33.6 Å². The molecule has 0 saturated heterocycles. The van der Waals surface area contributed by atoms with Crippen molar-refractivity contribution in [2.45, 2.75) is 40.8 Å². The summed E-state index contributed by atoms with van der Waals surface area (Å²) in [5.41, 5.74) is 0.921. The second kappa shape index (κ2) is 10.6. The van der Waals surface area contributed by atoms with Gasteiger partial charge in [0.05, 0.1) is 11.4 Å². The van der Waals surface area contributed by atoms with Gasteiger partial charge in [0.25, 0.3) is 0 Å². The molecule has 1 saturated carbocycles. The Morgan fingerprint density at radius 1 is 1.10 bits per heavy atom. The summed E-state index contributed by atoms with van der Waals surface area (Å²) in [6.45, 7) is 4.11. The van der Waals surface area contributed by atoms with Crippen LogP contribution in [0, 0.1) is 0 Å². The summed E-state index contributed by atoms with van der Waals surface area (Å²) in [5.74, 6) is 0.762. The molecule has 4 N–H and O–H groups in total. The van der Waals surface area contributed by atoms with Gasteiger partial charge in [-0.15, -0.1) is 35.7 Å². The van der Waals surface area contributed by atoms with Crippen molar-refractivity contribution in [3.63, 3.8) is 0 Å². The minimum Gasteiger partial charge on any atom is -0.357 e. The topological polar surface area (TPSA) is 96.6 Å². The van der Waals surface area contributed by atoms with Crippen molar-refractivity contribution >= 4 is 51.7 Å². The summed E-state index contributed by atoms with van der Waals surface area (Å²) >= 11 is 1.92. The third-order valence-corrected chi connectivity index (χ3v) is 6.90. The maximum Gasteiger partial charge on any atom is 0.238 e. The zero-order valence-electron chi connectivity index (χ0n) is 16.3. The number of sulfonamides is 1. The Labute approximate surface area is 194 Å². The van der Waals surface area contributed by atoms with E-state index in [1.54, 1.807) is 12.1 Å². The standard InChI is InChI=1S/C20H26N4O2S2.HI/c1-2-22-19(23-14-16-8-10-18(11-9-16)28(21,25)26)24-15-20(12-13-20)27-17-6-4-3-5-7-17;/h3-11H,2,12-15H2,1H3,(H2,21,25,26)(H2,22,23,24);1H. The number of nitrogens with one attached hydrogen (secondary N) is 2. The van der Waals surface area contributed by atoms with Crippen LogP contribution in [0.25, 0.3) is 0 Å². The highest BCUT2D eigenvalue weighted by molar-refractivity contribution is 14.0. The number of benzene rings is 2. The third kappa shape index (κ3) is 7.47. The SMILES string of the molecule is CCNC(=NCc1ccc(S(N)(=O)=O)cc1)NCC1(Sc2ccccc2)CC1.I. The molecule has 0 atom stereocenters. The maximum atomic E-state index is 11.3. The number of nitrogens with zero attached hydrogens (tertiary/aromatic N) is 1. The van der Waals surface area contributed by atoms with Crippen molar-refractivity contribution in [3.05, 3.63) is 60.2 Å². The van der Waals surface area contributed by atoms with Crippen LogP contribution in [0.3, 0.4) is 0 Å². The molecule has 0 amide bonds. The summed E-state index contributed by atoms with van der Waals surface area (Å²) in [6, 6.07) is 17.0. The average molecular weight is 547 g/mol. The number of nitrogens with two attached hydrogens (primary N) is 1. The second-order valence-corrected chi connectivity index (χ2v) is 9.94. The Bertz CT molecular complexity index is 915. The molecule has 9 heteroatoms. The number of hydrogen-bond donors (Lipinski definition) is 3. The number of rotatable bonds is 8. The average Bonchev–Trinajstić information content (AvgIpc) is 3.44. The van der Waals surface area contributed by atoms with Gasteiger partial charge in [-0.25, -0.2) is 18.5 Å². The Balaban J connectivity index is 0.00000300. The first-order valence-electron chi connectivity index (χ1n) is 9.28. The fourth-order valence-electron chi connectivity index (χ4n) is 2.73. The molecule has 1 aliphatic rings. The van der Waals surface area contributed by atoms with Crippen LogP contribution in [0.5, 0.6) is 0 Å². The van der Waals surface area contributed by atoms with Crippen molar-refractivity contribution in [2.24, 2.45) is 10.1 Å². The molecule has 1 fully saturated rings. The number of halogens is 1. The van der Waals surface area contributed by atoms with Gasteiger partial charge in [-0.2, -0.15) is 0 Å². The number of primary sulfonamides is 1. The van der Waals surface area contributed by atoms with Gasteiger partial charge in [-0.1, -0.05) is 30.3 Å². The Hall–Kier alpha value is -1.30. The molecule has 2 aromatic carbocycles. The fourth-order valence-corrected chi connectivity index (χ4v) is 4.49. The molecule has 1 aliphatic carbocycles. The van der Waals surface area contributed by atoms with E-state index in [0.717, 1.165) is 24.6 Å². The van der Waals surface area contributed by atoms with Gasteiger partial charge >= 0.3 is 0 Å². The van der Waals surface area contributed by atoms with E-state index >= 15 is 0 Å². The first-order chi connectivity index (χ1) is 13.4. The molecule has 0 aliphatic heterocycles. The van der Waals surface area contributed by atoms with Gasteiger partial charge in [-0.3, -0.25) is 0 Å². The molecule has 3 rings (SSSR count).